The minimum atomic E-state index is -4.71. The molecule has 26 heavy (non-hydrogen) atoms. The first-order valence-electron chi connectivity index (χ1n) is 7.90. The van der Waals surface area contributed by atoms with Crippen molar-refractivity contribution in [3.63, 3.8) is 0 Å². The number of aliphatic hydroxyl groups excluding tert-OH is 1. The maximum Gasteiger partial charge on any atom is 0.446 e. The van der Waals surface area contributed by atoms with Crippen molar-refractivity contribution in [2.24, 2.45) is 0 Å². The van der Waals surface area contributed by atoms with Gasteiger partial charge in [-0.05, 0) is 36.7 Å². The molecule has 10 heteroatoms. The van der Waals surface area contributed by atoms with E-state index in [0.29, 0.717) is 0 Å². The molecule has 0 heterocycles. The van der Waals surface area contributed by atoms with Crippen molar-refractivity contribution >= 4 is 11.8 Å². The van der Waals surface area contributed by atoms with Gasteiger partial charge >= 0.3 is 5.51 Å². The number of fused-ring (bicyclic) bond motifs is 1. The van der Waals surface area contributed by atoms with Gasteiger partial charge in [-0.2, -0.15) is 13.2 Å². The molecule has 1 aromatic carbocycles. The van der Waals surface area contributed by atoms with Crippen molar-refractivity contribution in [2.45, 2.75) is 66.6 Å². The second-order valence-electron chi connectivity index (χ2n) is 6.52. The van der Waals surface area contributed by atoms with E-state index in [1.54, 1.807) is 0 Å². The predicted octanol–water partition coefficient (Wildman–Crippen LogP) is 5.48. The summed E-state index contributed by atoms with van der Waals surface area (Å²) in [6.07, 6.45) is -4.75. The predicted molar refractivity (Wildman–Crippen MR) is 79.8 cm³/mol. The van der Waals surface area contributed by atoms with Crippen LogP contribution in [0.3, 0.4) is 0 Å². The fourth-order valence-corrected chi connectivity index (χ4v) is 4.01. The Morgan fingerprint density at radius 1 is 1.08 bits per heavy atom. The highest BCUT2D eigenvalue weighted by Gasteiger charge is 2.50. The highest BCUT2D eigenvalue weighted by molar-refractivity contribution is 8.00. The summed E-state index contributed by atoms with van der Waals surface area (Å²) in [5, 5.41) is 9.80. The van der Waals surface area contributed by atoms with E-state index in [-0.39, 0.29) is 24.2 Å². The van der Waals surface area contributed by atoms with Crippen LogP contribution in [0.4, 0.5) is 30.7 Å². The molecule has 1 atom stereocenters. The van der Waals surface area contributed by atoms with Crippen LogP contribution in [-0.2, 0) is 6.42 Å². The van der Waals surface area contributed by atoms with Gasteiger partial charge in [0.15, 0.2) is 0 Å². The normalized spacial score (nSPS) is 25.2. The van der Waals surface area contributed by atoms with Crippen molar-refractivity contribution in [1.29, 1.82) is 0 Å². The van der Waals surface area contributed by atoms with Crippen LogP contribution in [0, 0.1) is 0 Å². The third-order valence-electron chi connectivity index (χ3n) is 4.54. The van der Waals surface area contributed by atoms with E-state index in [1.807, 2.05) is 0 Å². The second-order valence-corrected chi connectivity index (χ2v) is 7.62. The van der Waals surface area contributed by atoms with Gasteiger partial charge in [-0.3, -0.25) is 0 Å². The summed E-state index contributed by atoms with van der Waals surface area (Å²) >= 11 is -0.583. The smallest absolute Gasteiger partial charge is 0.446 e. The summed E-state index contributed by atoms with van der Waals surface area (Å²) in [7, 11) is 0. The molecule has 0 amide bonds. The monoisotopic (exact) mass is 404 g/mol. The molecule has 0 bridgehead atoms. The average Bonchev–Trinajstić information content (AvgIpc) is 2.73. The largest absolute Gasteiger partial charge is 0.490 e. The van der Waals surface area contributed by atoms with E-state index in [0.717, 1.165) is 12.1 Å². The van der Waals surface area contributed by atoms with Crippen molar-refractivity contribution in [2.75, 3.05) is 0 Å². The molecular weight excluding hydrogens is 389 g/mol. The summed E-state index contributed by atoms with van der Waals surface area (Å²) in [5.74, 6) is -6.50. The molecule has 0 saturated heterocycles. The van der Waals surface area contributed by atoms with Gasteiger partial charge in [-0.1, -0.05) is 0 Å². The van der Waals surface area contributed by atoms with Gasteiger partial charge in [0.25, 0.3) is 5.92 Å². The van der Waals surface area contributed by atoms with Crippen LogP contribution in [0.5, 0.6) is 5.75 Å². The molecule has 2 nitrogen and oxygen atoms in total. The zero-order valence-electron chi connectivity index (χ0n) is 13.3. The molecule has 1 N–H and O–H groups in total. The van der Waals surface area contributed by atoms with E-state index in [2.05, 4.69) is 0 Å². The van der Waals surface area contributed by atoms with Gasteiger partial charge in [-0.25, -0.2) is 17.6 Å². The molecular formula is C16H15F7O2S. The molecule has 146 valence electrons. The Labute approximate surface area is 148 Å². The molecule has 2 aliphatic rings. The summed E-state index contributed by atoms with van der Waals surface area (Å²) in [6, 6.07) is 2.10. The van der Waals surface area contributed by atoms with Crippen molar-refractivity contribution in [3.8, 4) is 5.75 Å². The number of alkyl halides is 7. The topological polar surface area (TPSA) is 29.5 Å². The van der Waals surface area contributed by atoms with Crippen LogP contribution in [0.1, 0.15) is 42.9 Å². The summed E-state index contributed by atoms with van der Waals surface area (Å²) < 4.78 is 97.8. The molecule has 0 radical (unpaired) electrons. The minimum absolute atomic E-state index is 0.0137. The molecule has 0 aromatic heterocycles. The van der Waals surface area contributed by atoms with Crippen LogP contribution in [0.15, 0.2) is 17.0 Å². The van der Waals surface area contributed by atoms with E-state index in [4.69, 9.17) is 4.74 Å². The van der Waals surface area contributed by atoms with Gasteiger partial charge in [0.2, 0.25) is 5.92 Å². The zero-order valence-corrected chi connectivity index (χ0v) is 14.1. The number of rotatable bonds is 3. The first kappa shape index (κ1) is 19.6. The Morgan fingerprint density at radius 2 is 1.69 bits per heavy atom. The first-order valence-corrected chi connectivity index (χ1v) is 8.71. The Balaban J connectivity index is 1.89. The highest BCUT2D eigenvalue weighted by Crippen LogP contribution is 2.52. The molecule has 3 rings (SSSR count). The average molecular weight is 404 g/mol. The van der Waals surface area contributed by atoms with Crippen LogP contribution >= 0.6 is 11.8 Å². The van der Waals surface area contributed by atoms with Gasteiger partial charge < -0.3 is 9.84 Å². The van der Waals surface area contributed by atoms with Crippen molar-refractivity contribution in [1.82, 2.24) is 0 Å². The summed E-state index contributed by atoms with van der Waals surface area (Å²) in [6.45, 7) is 0. The molecule has 0 spiro atoms. The maximum absolute atomic E-state index is 13.9. The molecule has 1 aromatic rings. The Morgan fingerprint density at radius 3 is 2.27 bits per heavy atom. The summed E-state index contributed by atoms with van der Waals surface area (Å²) in [5.41, 5.74) is -5.41. The number of benzene rings is 1. The molecule has 1 fully saturated rings. The Kier molecular flexibility index (Phi) is 4.88. The second kappa shape index (κ2) is 6.47. The zero-order chi connectivity index (χ0) is 19.3. The third-order valence-corrected chi connectivity index (χ3v) is 5.35. The van der Waals surface area contributed by atoms with Crippen molar-refractivity contribution in [3.05, 3.63) is 23.3 Å². The van der Waals surface area contributed by atoms with Crippen LogP contribution in [-0.4, -0.2) is 28.6 Å². The third kappa shape index (κ3) is 4.05. The fraction of sp³-hybridized carbons (Fsp3) is 0.625. The van der Waals surface area contributed by atoms with Gasteiger partial charge in [0, 0.05) is 35.3 Å². The number of aliphatic hydroxyl groups is 1. The molecule has 0 aliphatic heterocycles. The summed E-state index contributed by atoms with van der Waals surface area (Å²) in [4.78, 5) is -0.514. The van der Waals surface area contributed by atoms with Crippen LogP contribution in [0.25, 0.3) is 0 Å². The SMILES string of the molecule is OC1c2c(SC(F)(F)F)ccc(OC3CCC(F)(F)CC3)c2CC1(F)F. The number of hydrogen-bond donors (Lipinski definition) is 1. The van der Waals surface area contributed by atoms with Crippen molar-refractivity contribution < 1.29 is 40.6 Å². The first-order chi connectivity index (χ1) is 11.9. The van der Waals surface area contributed by atoms with Gasteiger partial charge in [-0.15, -0.1) is 0 Å². The lowest BCUT2D eigenvalue weighted by atomic mass is 9.94. The van der Waals surface area contributed by atoms with Gasteiger partial charge in [0.1, 0.15) is 11.9 Å². The van der Waals surface area contributed by atoms with E-state index < -0.39 is 71.0 Å². The minimum Gasteiger partial charge on any atom is -0.490 e. The highest BCUT2D eigenvalue weighted by atomic mass is 32.2. The fourth-order valence-electron chi connectivity index (χ4n) is 3.28. The van der Waals surface area contributed by atoms with E-state index in [1.165, 1.54) is 0 Å². The Hall–Kier alpha value is -1.16. The van der Waals surface area contributed by atoms with E-state index >= 15 is 0 Å². The standard InChI is InChI=1S/C16H15F7O2S/c17-14(18)5-3-8(4-6-14)25-10-1-2-11(26-16(21,22)23)12-9(10)7-15(19,20)13(12)24/h1-2,8,13,24H,3-7H2. The quantitative estimate of drug-likeness (QED) is 0.534. The molecule has 1 saturated carbocycles. The van der Waals surface area contributed by atoms with E-state index in [9.17, 15) is 35.8 Å². The number of hydrogen-bond acceptors (Lipinski definition) is 3. The number of thioether (sulfide) groups is 1. The molecule has 1 unspecified atom stereocenters. The lowest BCUT2D eigenvalue weighted by Gasteiger charge is -2.29. The number of halogens is 7. The lowest BCUT2D eigenvalue weighted by molar-refractivity contribution is -0.0978. The lowest BCUT2D eigenvalue weighted by Crippen LogP contribution is -2.31. The number of ether oxygens (including phenoxy) is 1. The molecule has 2 aliphatic carbocycles. The van der Waals surface area contributed by atoms with Crippen LogP contribution in [0.2, 0.25) is 0 Å². The van der Waals surface area contributed by atoms with Crippen LogP contribution < -0.4 is 4.74 Å². The maximum atomic E-state index is 13.9. The van der Waals surface area contributed by atoms with Gasteiger partial charge in [0.05, 0.1) is 6.10 Å². The Bertz CT molecular complexity index is 680.